The Labute approximate surface area is 114 Å². The highest BCUT2D eigenvalue weighted by atomic mass is 16.5. The summed E-state index contributed by atoms with van der Waals surface area (Å²) in [5.41, 5.74) is 0.653. The Hall–Kier alpha value is -1.55. The van der Waals surface area contributed by atoms with Crippen LogP contribution in [0.25, 0.3) is 0 Å². The highest BCUT2D eigenvalue weighted by molar-refractivity contribution is 5.79. The molecule has 104 valence electrons. The Morgan fingerprint density at radius 2 is 2.00 bits per heavy atom. The smallest absolute Gasteiger partial charge is 0.314 e. The second kappa shape index (κ2) is 6.57. The zero-order valence-corrected chi connectivity index (χ0v) is 11.3. The molecule has 4 heteroatoms. The molecule has 1 aromatic carbocycles. The van der Waals surface area contributed by atoms with Gasteiger partial charge in [-0.1, -0.05) is 24.6 Å². The quantitative estimate of drug-likeness (QED) is 0.846. The fourth-order valence-electron chi connectivity index (χ4n) is 2.62. The van der Waals surface area contributed by atoms with E-state index in [1.54, 1.807) is 18.2 Å². The van der Waals surface area contributed by atoms with Crippen LogP contribution in [0.2, 0.25) is 0 Å². The van der Waals surface area contributed by atoms with Crippen molar-refractivity contribution in [2.45, 2.75) is 25.2 Å². The van der Waals surface area contributed by atoms with Crippen LogP contribution in [0.1, 0.15) is 30.7 Å². The van der Waals surface area contributed by atoms with Gasteiger partial charge < -0.3 is 14.7 Å². The molecule has 0 amide bonds. The summed E-state index contributed by atoms with van der Waals surface area (Å²) in [4.78, 5) is 14.3. The first-order valence-corrected chi connectivity index (χ1v) is 6.80. The van der Waals surface area contributed by atoms with Crippen LogP contribution in [-0.4, -0.2) is 42.7 Å². The number of para-hydroxylation sites is 1. The van der Waals surface area contributed by atoms with Gasteiger partial charge in [0.2, 0.25) is 0 Å². The van der Waals surface area contributed by atoms with Crippen molar-refractivity contribution < 1.29 is 14.6 Å². The van der Waals surface area contributed by atoms with E-state index in [1.165, 1.54) is 26.4 Å². The van der Waals surface area contributed by atoms with Gasteiger partial charge in [-0.2, -0.15) is 0 Å². The maximum absolute atomic E-state index is 12.0. The molecule has 1 aliphatic rings. The number of likely N-dealkylation sites (tertiary alicyclic amines) is 1. The molecule has 4 nitrogen and oxygen atoms in total. The summed E-state index contributed by atoms with van der Waals surface area (Å²) in [6.45, 7) is 2.65. The molecule has 0 aromatic heterocycles. The van der Waals surface area contributed by atoms with Crippen LogP contribution in [0.4, 0.5) is 0 Å². The van der Waals surface area contributed by atoms with E-state index < -0.39 is 5.92 Å². The molecule has 1 saturated heterocycles. The largest absolute Gasteiger partial charge is 0.508 e. The number of piperidine rings is 1. The summed E-state index contributed by atoms with van der Waals surface area (Å²) in [6, 6.07) is 7.00. The molecule has 0 spiro atoms. The number of methoxy groups -OCH3 is 1. The lowest BCUT2D eigenvalue weighted by molar-refractivity contribution is -0.143. The summed E-state index contributed by atoms with van der Waals surface area (Å²) >= 11 is 0. The summed E-state index contributed by atoms with van der Waals surface area (Å²) in [5.74, 6) is -0.536. The van der Waals surface area contributed by atoms with Crippen molar-refractivity contribution in [3.8, 4) is 5.75 Å². The van der Waals surface area contributed by atoms with Crippen LogP contribution in [0.3, 0.4) is 0 Å². The van der Waals surface area contributed by atoms with Crippen LogP contribution >= 0.6 is 0 Å². The first-order chi connectivity index (χ1) is 9.22. The van der Waals surface area contributed by atoms with Crippen LogP contribution in [0.15, 0.2) is 24.3 Å². The third kappa shape index (κ3) is 3.47. The van der Waals surface area contributed by atoms with Crippen LogP contribution in [0.5, 0.6) is 5.75 Å². The van der Waals surface area contributed by atoms with Crippen LogP contribution in [-0.2, 0) is 9.53 Å². The third-order valence-electron chi connectivity index (χ3n) is 3.69. The molecule has 1 unspecified atom stereocenters. The number of aromatic hydroxyl groups is 1. The molecule has 0 radical (unpaired) electrons. The van der Waals surface area contributed by atoms with Crippen molar-refractivity contribution in [2.75, 3.05) is 26.7 Å². The topological polar surface area (TPSA) is 49.8 Å². The lowest BCUT2D eigenvalue weighted by atomic mass is 9.96. The maximum atomic E-state index is 12.0. The van der Waals surface area contributed by atoms with E-state index in [0.29, 0.717) is 12.1 Å². The lowest BCUT2D eigenvalue weighted by Gasteiger charge is -2.29. The molecule has 1 heterocycles. The second-order valence-corrected chi connectivity index (χ2v) is 5.00. The summed E-state index contributed by atoms with van der Waals surface area (Å²) in [6.07, 6.45) is 3.61. The maximum Gasteiger partial charge on any atom is 0.314 e. The number of benzene rings is 1. The minimum absolute atomic E-state index is 0.162. The van der Waals surface area contributed by atoms with E-state index in [2.05, 4.69) is 4.90 Å². The highest BCUT2D eigenvalue weighted by Gasteiger charge is 2.27. The lowest BCUT2D eigenvalue weighted by Crippen LogP contribution is -2.36. The number of carbonyl (C=O) groups excluding carboxylic acids is 1. The molecule has 19 heavy (non-hydrogen) atoms. The number of phenolic OH excluding ortho intramolecular Hbond substituents is 1. The van der Waals surface area contributed by atoms with Crippen molar-refractivity contribution >= 4 is 5.97 Å². The molecule has 1 fully saturated rings. The van der Waals surface area contributed by atoms with Gasteiger partial charge in [-0.3, -0.25) is 4.79 Å². The fraction of sp³-hybridized carbons (Fsp3) is 0.533. The van der Waals surface area contributed by atoms with Crippen molar-refractivity contribution in [3.63, 3.8) is 0 Å². The van der Waals surface area contributed by atoms with Gasteiger partial charge in [0, 0.05) is 12.1 Å². The van der Waals surface area contributed by atoms with Gasteiger partial charge in [0.15, 0.2) is 0 Å². The number of phenols is 1. The SMILES string of the molecule is COC(=O)C(CN1CCCCC1)c1ccccc1O. The Bertz CT molecular complexity index is 427. The van der Waals surface area contributed by atoms with Gasteiger partial charge in [0.1, 0.15) is 5.75 Å². The normalized spacial score (nSPS) is 17.9. The first kappa shape index (κ1) is 13.9. The predicted octanol–water partition coefficient (Wildman–Crippen LogP) is 2.13. The summed E-state index contributed by atoms with van der Waals surface area (Å²) in [7, 11) is 1.39. The molecule has 1 aromatic rings. The molecule has 0 bridgehead atoms. The van der Waals surface area contributed by atoms with E-state index in [-0.39, 0.29) is 11.7 Å². The predicted molar refractivity (Wildman–Crippen MR) is 73.2 cm³/mol. The van der Waals surface area contributed by atoms with Crippen LogP contribution < -0.4 is 0 Å². The van der Waals surface area contributed by atoms with E-state index in [9.17, 15) is 9.90 Å². The monoisotopic (exact) mass is 263 g/mol. The molecule has 2 rings (SSSR count). The number of esters is 1. The minimum atomic E-state index is -0.413. The third-order valence-corrected chi connectivity index (χ3v) is 3.69. The number of hydrogen-bond donors (Lipinski definition) is 1. The highest BCUT2D eigenvalue weighted by Crippen LogP contribution is 2.28. The van der Waals surface area contributed by atoms with Gasteiger partial charge in [-0.15, -0.1) is 0 Å². The van der Waals surface area contributed by atoms with Gasteiger partial charge >= 0.3 is 5.97 Å². The number of nitrogens with zero attached hydrogens (tertiary/aromatic N) is 1. The summed E-state index contributed by atoms with van der Waals surface area (Å²) < 4.78 is 4.89. The zero-order valence-electron chi connectivity index (χ0n) is 11.3. The Morgan fingerprint density at radius 1 is 1.32 bits per heavy atom. The van der Waals surface area contributed by atoms with Crippen molar-refractivity contribution in [2.24, 2.45) is 0 Å². The molecule has 0 aliphatic carbocycles. The van der Waals surface area contributed by atoms with Gasteiger partial charge in [0.05, 0.1) is 13.0 Å². The Kier molecular flexibility index (Phi) is 4.80. The molecule has 0 saturated carbocycles. The number of carbonyl (C=O) groups is 1. The standard InChI is InChI=1S/C15H21NO3/c1-19-15(18)13(11-16-9-5-2-6-10-16)12-7-3-4-8-14(12)17/h3-4,7-8,13,17H,2,5-6,9-11H2,1H3. The van der Waals surface area contributed by atoms with E-state index in [0.717, 1.165) is 13.1 Å². The fourth-order valence-corrected chi connectivity index (χ4v) is 2.62. The molecule has 1 N–H and O–H groups in total. The Balaban J connectivity index is 2.16. The molecule has 1 atom stereocenters. The van der Waals surface area contributed by atoms with Gasteiger partial charge in [0.25, 0.3) is 0 Å². The van der Waals surface area contributed by atoms with Crippen molar-refractivity contribution in [3.05, 3.63) is 29.8 Å². The average molecular weight is 263 g/mol. The first-order valence-electron chi connectivity index (χ1n) is 6.80. The van der Waals surface area contributed by atoms with Gasteiger partial charge in [-0.25, -0.2) is 0 Å². The minimum Gasteiger partial charge on any atom is -0.508 e. The van der Waals surface area contributed by atoms with E-state index >= 15 is 0 Å². The van der Waals surface area contributed by atoms with E-state index in [1.807, 2.05) is 6.07 Å². The number of rotatable bonds is 4. The zero-order chi connectivity index (χ0) is 13.7. The van der Waals surface area contributed by atoms with Crippen LogP contribution in [0, 0.1) is 0 Å². The average Bonchev–Trinajstić information content (AvgIpc) is 2.46. The summed E-state index contributed by atoms with van der Waals surface area (Å²) in [5, 5.41) is 9.93. The van der Waals surface area contributed by atoms with Crippen molar-refractivity contribution in [1.29, 1.82) is 0 Å². The molecular formula is C15H21NO3. The number of hydrogen-bond acceptors (Lipinski definition) is 4. The second-order valence-electron chi connectivity index (χ2n) is 5.00. The van der Waals surface area contributed by atoms with E-state index in [4.69, 9.17) is 4.74 Å². The Morgan fingerprint density at radius 3 is 2.63 bits per heavy atom. The molecular weight excluding hydrogens is 242 g/mol. The van der Waals surface area contributed by atoms with Gasteiger partial charge in [-0.05, 0) is 32.0 Å². The van der Waals surface area contributed by atoms with Crippen molar-refractivity contribution in [1.82, 2.24) is 4.90 Å². The number of ether oxygens (including phenoxy) is 1. The molecule has 1 aliphatic heterocycles.